The van der Waals surface area contributed by atoms with Gasteiger partial charge in [-0.25, -0.2) is 0 Å². The molecular formula is C44H76N2. The van der Waals surface area contributed by atoms with Crippen molar-refractivity contribution in [3.8, 4) is 11.4 Å². The molecule has 4 unspecified atom stereocenters. The first-order valence-corrected chi connectivity index (χ1v) is 20.4. The number of unbranched alkanes of at least 4 members (excludes halogenated alkanes) is 4. The van der Waals surface area contributed by atoms with Crippen molar-refractivity contribution in [2.45, 2.75) is 196 Å². The van der Waals surface area contributed by atoms with Gasteiger partial charge in [-0.2, -0.15) is 0 Å². The van der Waals surface area contributed by atoms with Crippen molar-refractivity contribution in [1.29, 1.82) is 0 Å². The van der Waals surface area contributed by atoms with E-state index in [2.05, 4.69) is 92.0 Å². The summed E-state index contributed by atoms with van der Waals surface area (Å²) in [6.45, 7) is 19.0. The Morgan fingerprint density at radius 2 is 0.717 bits per heavy atom. The van der Waals surface area contributed by atoms with Crippen LogP contribution in [-0.2, 0) is 0 Å². The first-order chi connectivity index (χ1) is 22.5. The maximum absolute atomic E-state index is 4.96. The van der Waals surface area contributed by atoms with Gasteiger partial charge < -0.3 is 0 Å². The average molecular weight is 633 g/mol. The zero-order chi connectivity index (χ0) is 33.6. The SMILES string of the molecule is CCCCC(CC)CC(CC(CC)CCCC)c1ccnc(-c2cc(C(CC(CC)CCCC)CC(CC)CCCC)ccn2)c1. The summed E-state index contributed by atoms with van der Waals surface area (Å²) in [5, 5.41) is 0. The van der Waals surface area contributed by atoms with E-state index in [0.29, 0.717) is 11.8 Å². The van der Waals surface area contributed by atoms with E-state index >= 15 is 0 Å². The van der Waals surface area contributed by atoms with E-state index in [1.165, 1.54) is 140 Å². The molecule has 0 aliphatic rings. The van der Waals surface area contributed by atoms with E-state index < -0.39 is 0 Å². The number of rotatable bonds is 27. The lowest BCUT2D eigenvalue weighted by Crippen LogP contribution is -2.13. The van der Waals surface area contributed by atoms with Crippen LogP contribution in [0.2, 0.25) is 0 Å². The Morgan fingerprint density at radius 3 is 0.957 bits per heavy atom. The lowest BCUT2D eigenvalue weighted by Gasteiger charge is -2.28. The fourth-order valence-electron chi connectivity index (χ4n) is 7.95. The van der Waals surface area contributed by atoms with Gasteiger partial charge in [0.1, 0.15) is 0 Å². The maximum atomic E-state index is 4.96. The standard InChI is InChI=1S/C44H76N2/c1-9-17-21-35(13-5)29-41(30-36(14-6)22-18-10-2)39-25-27-45-43(33-39)44-34-40(26-28-46-44)42(31-37(15-7)23-19-11-3)32-38(16-8)24-20-12-4/h25-28,33-38,41-42H,9-24,29-32H2,1-8H3. The fraction of sp³-hybridized carbons (Fsp3) is 0.773. The zero-order valence-electron chi connectivity index (χ0n) is 32.0. The topological polar surface area (TPSA) is 25.8 Å². The molecular weight excluding hydrogens is 556 g/mol. The summed E-state index contributed by atoms with van der Waals surface area (Å²) < 4.78 is 0. The molecule has 262 valence electrons. The zero-order valence-corrected chi connectivity index (χ0v) is 32.0. The number of hydrogen-bond donors (Lipinski definition) is 0. The first kappa shape index (κ1) is 40.5. The largest absolute Gasteiger partial charge is 0.255 e. The Balaban J connectivity index is 2.44. The Morgan fingerprint density at radius 1 is 0.435 bits per heavy atom. The van der Waals surface area contributed by atoms with Crippen LogP contribution in [0.25, 0.3) is 11.4 Å². The summed E-state index contributed by atoms with van der Waals surface area (Å²) in [6.07, 6.45) is 30.6. The molecule has 0 aliphatic carbocycles. The molecule has 0 bridgehead atoms. The molecule has 4 atom stereocenters. The Bertz CT molecular complexity index is 897. The molecule has 46 heavy (non-hydrogen) atoms. The molecule has 0 fully saturated rings. The molecule has 0 aliphatic heterocycles. The van der Waals surface area contributed by atoms with Crippen LogP contribution in [0.1, 0.15) is 207 Å². The summed E-state index contributed by atoms with van der Waals surface area (Å²) in [6, 6.07) is 9.52. The van der Waals surface area contributed by atoms with Gasteiger partial charge in [-0.3, -0.25) is 9.97 Å². The van der Waals surface area contributed by atoms with Gasteiger partial charge in [0.05, 0.1) is 11.4 Å². The van der Waals surface area contributed by atoms with Gasteiger partial charge in [0.25, 0.3) is 0 Å². The highest BCUT2D eigenvalue weighted by Gasteiger charge is 2.24. The summed E-state index contributed by atoms with van der Waals surface area (Å²) in [5.41, 5.74) is 5.13. The van der Waals surface area contributed by atoms with Crippen molar-refractivity contribution in [2.24, 2.45) is 23.7 Å². The number of hydrogen-bond acceptors (Lipinski definition) is 2. The minimum absolute atomic E-state index is 0.606. The highest BCUT2D eigenvalue weighted by atomic mass is 14.8. The average Bonchev–Trinajstić information content (AvgIpc) is 3.10. The number of pyridine rings is 2. The number of nitrogens with zero attached hydrogens (tertiary/aromatic N) is 2. The molecule has 0 amide bonds. The van der Waals surface area contributed by atoms with Crippen LogP contribution in [0.4, 0.5) is 0 Å². The first-order valence-electron chi connectivity index (χ1n) is 20.4. The molecule has 2 nitrogen and oxygen atoms in total. The maximum Gasteiger partial charge on any atom is 0.0889 e. The van der Waals surface area contributed by atoms with Crippen molar-refractivity contribution in [3.63, 3.8) is 0 Å². The lowest BCUT2D eigenvalue weighted by atomic mass is 9.78. The van der Waals surface area contributed by atoms with Gasteiger partial charge in [-0.05, 0) is 96.6 Å². The van der Waals surface area contributed by atoms with Crippen LogP contribution < -0.4 is 0 Å². The third kappa shape index (κ3) is 14.6. The van der Waals surface area contributed by atoms with Gasteiger partial charge in [0.2, 0.25) is 0 Å². The summed E-state index contributed by atoms with van der Waals surface area (Å²) in [4.78, 5) is 9.93. The third-order valence-electron chi connectivity index (χ3n) is 11.4. The minimum atomic E-state index is 0.606. The fourth-order valence-corrected chi connectivity index (χ4v) is 7.95. The van der Waals surface area contributed by atoms with Crippen LogP contribution in [0.5, 0.6) is 0 Å². The van der Waals surface area contributed by atoms with Crippen LogP contribution in [-0.4, -0.2) is 9.97 Å². The van der Waals surface area contributed by atoms with Crippen molar-refractivity contribution in [2.75, 3.05) is 0 Å². The smallest absolute Gasteiger partial charge is 0.0889 e. The van der Waals surface area contributed by atoms with Gasteiger partial charge in [0.15, 0.2) is 0 Å². The molecule has 0 saturated heterocycles. The molecule has 2 heteroatoms. The van der Waals surface area contributed by atoms with Crippen molar-refractivity contribution in [1.82, 2.24) is 9.97 Å². The van der Waals surface area contributed by atoms with Crippen LogP contribution in [0.15, 0.2) is 36.7 Å². The van der Waals surface area contributed by atoms with Crippen molar-refractivity contribution >= 4 is 0 Å². The summed E-state index contributed by atoms with van der Waals surface area (Å²) >= 11 is 0. The van der Waals surface area contributed by atoms with E-state index in [1.807, 2.05) is 0 Å². The summed E-state index contributed by atoms with van der Waals surface area (Å²) in [5.74, 6) is 4.46. The Kier molecular flexibility index (Phi) is 21.5. The number of aromatic nitrogens is 2. The van der Waals surface area contributed by atoms with E-state index in [-0.39, 0.29) is 0 Å². The second-order valence-corrected chi connectivity index (χ2v) is 15.0. The van der Waals surface area contributed by atoms with E-state index in [1.54, 1.807) is 0 Å². The van der Waals surface area contributed by atoms with Gasteiger partial charge in [-0.1, -0.05) is 158 Å². The monoisotopic (exact) mass is 633 g/mol. The van der Waals surface area contributed by atoms with E-state index in [4.69, 9.17) is 9.97 Å². The second kappa shape index (κ2) is 24.4. The quantitative estimate of drug-likeness (QED) is 0.0979. The molecule has 0 N–H and O–H groups in total. The van der Waals surface area contributed by atoms with Crippen molar-refractivity contribution < 1.29 is 0 Å². The van der Waals surface area contributed by atoms with E-state index in [0.717, 1.165) is 35.1 Å². The van der Waals surface area contributed by atoms with Crippen LogP contribution in [0, 0.1) is 23.7 Å². The molecule has 2 aromatic heterocycles. The van der Waals surface area contributed by atoms with Gasteiger partial charge in [-0.15, -0.1) is 0 Å². The predicted molar refractivity (Wildman–Crippen MR) is 205 cm³/mol. The Hall–Kier alpha value is -1.70. The molecule has 0 radical (unpaired) electrons. The molecule has 0 saturated carbocycles. The summed E-state index contributed by atoms with van der Waals surface area (Å²) in [7, 11) is 0. The highest BCUT2D eigenvalue weighted by Crippen LogP contribution is 2.39. The third-order valence-corrected chi connectivity index (χ3v) is 11.4. The lowest BCUT2D eigenvalue weighted by molar-refractivity contribution is 0.322. The molecule has 2 aromatic rings. The van der Waals surface area contributed by atoms with Gasteiger partial charge >= 0.3 is 0 Å². The van der Waals surface area contributed by atoms with Crippen LogP contribution in [0.3, 0.4) is 0 Å². The second-order valence-electron chi connectivity index (χ2n) is 15.0. The Labute approximate surface area is 287 Å². The predicted octanol–water partition coefficient (Wildman–Crippen LogP) is 14.7. The van der Waals surface area contributed by atoms with E-state index in [9.17, 15) is 0 Å². The molecule has 0 aromatic carbocycles. The highest BCUT2D eigenvalue weighted by molar-refractivity contribution is 5.56. The van der Waals surface area contributed by atoms with Crippen molar-refractivity contribution in [3.05, 3.63) is 47.8 Å². The minimum Gasteiger partial charge on any atom is -0.255 e. The molecule has 2 heterocycles. The molecule has 0 spiro atoms. The molecule has 2 rings (SSSR count). The van der Waals surface area contributed by atoms with Crippen LogP contribution >= 0.6 is 0 Å². The van der Waals surface area contributed by atoms with Gasteiger partial charge in [0, 0.05) is 12.4 Å². The normalized spacial score (nSPS) is 15.7.